The summed E-state index contributed by atoms with van der Waals surface area (Å²) in [5.41, 5.74) is 0.861. The van der Waals surface area contributed by atoms with Gasteiger partial charge in [-0.25, -0.2) is 9.37 Å². The fourth-order valence-electron chi connectivity index (χ4n) is 4.35. The number of Topliss-reactive ketones (excluding diaryl/α,β-unsaturated/α-hetero) is 1. The number of aromatic nitrogens is 1. The van der Waals surface area contributed by atoms with E-state index >= 15 is 0 Å². The van der Waals surface area contributed by atoms with Crippen LogP contribution in [0.5, 0.6) is 5.75 Å². The Kier molecular flexibility index (Phi) is 6.17. The number of fused-ring (bicyclic) bond motifs is 2. The number of thiazole rings is 1. The number of hydrogen-bond acceptors (Lipinski definition) is 7. The second-order valence-electron chi connectivity index (χ2n) is 8.63. The van der Waals surface area contributed by atoms with Crippen LogP contribution in [0, 0.1) is 12.7 Å². The van der Waals surface area contributed by atoms with Gasteiger partial charge in [0, 0.05) is 6.92 Å². The van der Waals surface area contributed by atoms with Crippen molar-refractivity contribution in [2.24, 2.45) is 0 Å². The number of amides is 1. The molecule has 36 heavy (non-hydrogen) atoms. The van der Waals surface area contributed by atoms with E-state index in [-0.39, 0.29) is 33.2 Å². The Morgan fingerprint density at radius 2 is 1.94 bits per heavy atom. The van der Waals surface area contributed by atoms with Crippen LogP contribution in [0.2, 0.25) is 0 Å². The number of hydrogen-bond donors (Lipinski definition) is 0. The Morgan fingerprint density at radius 1 is 1.19 bits per heavy atom. The average molecular weight is 507 g/mol. The number of ketones is 1. The van der Waals surface area contributed by atoms with E-state index in [1.165, 1.54) is 24.0 Å². The zero-order valence-corrected chi connectivity index (χ0v) is 20.8. The van der Waals surface area contributed by atoms with E-state index in [0.29, 0.717) is 28.5 Å². The average Bonchev–Trinajstić information content (AvgIpc) is 3.38. The smallest absolute Gasteiger partial charge is 0.297 e. The predicted octanol–water partition coefficient (Wildman–Crippen LogP) is 5.83. The number of aryl methyl sites for hydroxylation is 1. The normalized spacial score (nSPS) is 14.9. The van der Waals surface area contributed by atoms with E-state index in [1.807, 2.05) is 0 Å². The molecule has 3 heterocycles. The molecule has 1 aliphatic heterocycles. The van der Waals surface area contributed by atoms with Crippen LogP contribution in [0.4, 0.5) is 9.52 Å². The molecule has 2 aromatic carbocycles. The molecule has 0 aliphatic carbocycles. The minimum absolute atomic E-state index is 0.0488. The SMILES string of the molecule is CCCCOc1ccc(C2c3c(oc4ccc(F)cc4c3=O)C(=O)N2c2nc(C)c(C(C)=O)s2)cc1. The van der Waals surface area contributed by atoms with E-state index in [1.54, 1.807) is 31.2 Å². The van der Waals surface area contributed by atoms with Crippen molar-refractivity contribution in [3.8, 4) is 5.75 Å². The zero-order valence-electron chi connectivity index (χ0n) is 20.0. The lowest BCUT2D eigenvalue weighted by Crippen LogP contribution is -2.29. The highest BCUT2D eigenvalue weighted by Crippen LogP contribution is 2.43. The summed E-state index contributed by atoms with van der Waals surface area (Å²) in [6.07, 6.45) is 1.93. The summed E-state index contributed by atoms with van der Waals surface area (Å²) in [6, 6.07) is 9.87. The second kappa shape index (κ2) is 9.31. The molecule has 184 valence electrons. The first-order chi connectivity index (χ1) is 17.3. The van der Waals surface area contributed by atoms with Crippen LogP contribution in [-0.2, 0) is 0 Å². The molecular formula is C27H23FN2O5S. The van der Waals surface area contributed by atoms with Gasteiger partial charge < -0.3 is 9.15 Å². The third-order valence-corrected chi connectivity index (χ3v) is 7.36. The Bertz CT molecular complexity index is 1560. The monoisotopic (exact) mass is 506 g/mol. The number of carbonyl (C=O) groups excluding carboxylic acids is 2. The number of carbonyl (C=O) groups is 2. The van der Waals surface area contributed by atoms with Crippen LogP contribution >= 0.6 is 11.3 Å². The van der Waals surface area contributed by atoms with Crippen LogP contribution in [0.1, 0.15) is 69.8 Å². The Hall–Kier alpha value is -3.85. The molecule has 7 nitrogen and oxygen atoms in total. The topological polar surface area (TPSA) is 89.7 Å². The third kappa shape index (κ3) is 3.99. The van der Waals surface area contributed by atoms with Gasteiger partial charge >= 0.3 is 0 Å². The number of unbranched alkanes of at least 4 members (excludes halogenated alkanes) is 1. The number of anilines is 1. The largest absolute Gasteiger partial charge is 0.494 e. The Morgan fingerprint density at radius 3 is 2.61 bits per heavy atom. The Balaban J connectivity index is 1.69. The molecule has 9 heteroatoms. The molecule has 1 atom stereocenters. The molecule has 2 aromatic heterocycles. The van der Waals surface area contributed by atoms with Gasteiger partial charge in [0.05, 0.1) is 34.2 Å². The van der Waals surface area contributed by atoms with Crippen molar-refractivity contribution < 1.29 is 23.1 Å². The lowest BCUT2D eigenvalue weighted by molar-refractivity contribution is 0.0969. The van der Waals surface area contributed by atoms with Crippen molar-refractivity contribution in [3.05, 3.63) is 86.0 Å². The van der Waals surface area contributed by atoms with E-state index in [0.717, 1.165) is 30.2 Å². The second-order valence-corrected chi connectivity index (χ2v) is 9.61. The molecule has 1 aliphatic rings. The van der Waals surface area contributed by atoms with Crippen molar-refractivity contribution in [1.29, 1.82) is 0 Å². The molecule has 1 amide bonds. The van der Waals surface area contributed by atoms with E-state index in [9.17, 15) is 18.8 Å². The first kappa shape index (κ1) is 23.9. The summed E-state index contributed by atoms with van der Waals surface area (Å²) in [4.78, 5) is 45.6. The minimum atomic E-state index is -0.869. The van der Waals surface area contributed by atoms with Gasteiger partial charge in [-0.15, -0.1) is 0 Å². The number of halogens is 1. The maximum absolute atomic E-state index is 14.0. The van der Waals surface area contributed by atoms with Crippen LogP contribution < -0.4 is 15.1 Å². The molecule has 0 bridgehead atoms. The van der Waals surface area contributed by atoms with Gasteiger partial charge in [-0.3, -0.25) is 19.3 Å². The molecule has 1 unspecified atom stereocenters. The van der Waals surface area contributed by atoms with Crippen LogP contribution in [0.25, 0.3) is 11.0 Å². The van der Waals surface area contributed by atoms with E-state index in [4.69, 9.17) is 9.15 Å². The third-order valence-electron chi connectivity index (χ3n) is 6.11. The van der Waals surface area contributed by atoms with Crippen molar-refractivity contribution in [3.63, 3.8) is 0 Å². The molecule has 5 rings (SSSR count). The highest BCUT2D eigenvalue weighted by molar-refractivity contribution is 7.17. The number of rotatable bonds is 7. The van der Waals surface area contributed by atoms with Gasteiger partial charge in [0.2, 0.25) is 5.76 Å². The minimum Gasteiger partial charge on any atom is -0.494 e. The maximum atomic E-state index is 14.0. The van der Waals surface area contributed by atoms with Crippen LogP contribution in [-0.4, -0.2) is 23.3 Å². The summed E-state index contributed by atoms with van der Waals surface area (Å²) in [6.45, 7) is 5.79. The van der Waals surface area contributed by atoms with Gasteiger partial charge in [-0.1, -0.05) is 36.8 Å². The maximum Gasteiger partial charge on any atom is 0.297 e. The quantitative estimate of drug-likeness (QED) is 0.231. The predicted molar refractivity (Wildman–Crippen MR) is 135 cm³/mol. The number of benzene rings is 2. The van der Waals surface area contributed by atoms with Crippen LogP contribution in [0.3, 0.4) is 0 Å². The first-order valence-electron chi connectivity index (χ1n) is 11.6. The summed E-state index contributed by atoms with van der Waals surface area (Å²) >= 11 is 1.08. The van der Waals surface area contributed by atoms with Gasteiger partial charge in [-0.2, -0.15) is 0 Å². The van der Waals surface area contributed by atoms with E-state index < -0.39 is 23.2 Å². The summed E-state index contributed by atoms with van der Waals surface area (Å²) in [5.74, 6) is -0.751. The number of ether oxygens (including phenoxy) is 1. The fraction of sp³-hybridized carbons (Fsp3) is 0.259. The molecule has 0 saturated carbocycles. The first-order valence-corrected chi connectivity index (χ1v) is 12.4. The summed E-state index contributed by atoms with van der Waals surface area (Å²) in [5, 5.41) is 0.324. The Labute approximate surface area is 210 Å². The summed E-state index contributed by atoms with van der Waals surface area (Å²) in [7, 11) is 0. The van der Waals surface area contributed by atoms with Gasteiger partial charge in [0.1, 0.15) is 17.1 Å². The van der Waals surface area contributed by atoms with Gasteiger partial charge in [0.25, 0.3) is 5.91 Å². The molecule has 4 aromatic rings. The van der Waals surface area contributed by atoms with Crippen molar-refractivity contribution >= 4 is 39.1 Å². The highest BCUT2D eigenvalue weighted by Gasteiger charge is 2.45. The highest BCUT2D eigenvalue weighted by atomic mass is 32.1. The standard InChI is InChI=1S/C27H23FN2O5S/c1-4-5-12-34-18-9-6-16(7-10-18)22-21-23(32)19-13-17(28)8-11-20(19)35-24(21)26(33)30(22)27-29-14(2)25(36-27)15(3)31/h6-11,13,22H,4-5,12H2,1-3H3. The zero-order chi connectivity index (χ0) is 25.6. The molecule has 0 N–H and O–H groups in total. The molecule has 0 saturated heterocycles. The van der Waals surface area contributed by atoms with Crippen LogP contribution in [0.15, 0.2) is 51.7 Å². The van der Waals surface area contributed by atoms with Gasteiger partial charge in [0.15, 0.2) is 16.3 Å². The lowest BCUT2D eigenvalue weighted by atomic mass is 9.98. The molecule has 0 fully saturated rings. The van der Waals surface area contributed by atoms with Crippen molar-refractivity contribution in [2.75, 3.05) is 11.5 Å². The van der Waals surface area contributed by atoms with Crippen molar-refractivity contribution in [2.45, 2.75) is 39.7 Å². The van der Waals surface area contributed by atoms with E-state index in [2.05, 4.69) is 11.9 Å². The lowest BCUT2D eigenvalue weighted by Gasteiger charge is -2.22. The summed E-state index contributed by atoms with van der Waals surface area (Å²) < 4.78 is 25.6. The molecule has 0 spiro atoms. The number of nitrogens with zero attached hydrogens (tertiary/aromatic N) is 2. The van der Waals surface area contributed by atoms with Crippen molar-refractivity contribution in [1.82, 2.24) is 4.98 Å². The fourth-order valence-corrected chi connectivity index (χ4v) is 5.34. The molecular weight excluding hydrogens is 483 g/mol. The molecule has 0 radical (unpaired) electrons. The van der Waals surface area contributed by atoms with Gasteiger partial charge in [-0.05, 0) is 49.2 Å².